The van der Waals surface area contributed by atoms with Crippen LogP contribution in [-0.2, 0) is 4.74 Å². The second kappa shape index (κ2) is 8.53. The van der Waals surface area contributed by atoms with Crippen molar-refractivity contribution in [3.63, 3.8) is 0 Å². The molecule has 4 aromatic rings. The summed E-state index contributed by atoms with van der Waals surface area (Å²) in [7, 11) is 0. The summed E-state index contributed by atoms with van der Waals surface area (Å²) in [6.45, 7) is 5.15. The number of H-pyrrole nitrogens is 2. The van der Waals surface area contributed by atoms with Gasteiger partial charge in [0.1, 0.15) is 11.4 Å². The first kappa shape index (κ1) is 20.3. The van der Waals surface area contributed by atoms with E-state index < -0.39 is 0 Å². The van der Waals surface area contributed by atoms with Crippen molar-refractivity contribution in [1.29, 1.82) is 0 Å². The van der Waals surface area contributed by atoms with E-state index in [9.17, 15) is 4.79 Å². The molecule has 4 N–H and O–H groups in total. The standard InChI is InChI=1S/C25H28N6O2/c32-25-22(23(27-16-4-3-9-26-15-16)18-5-1-2-6-19(18)30-25)24-28-20-8-7-17(14-21(20)29-24)31-10-12-33-13-11-31/h1-2,5-8,14,16,26H,3-4,9-13,15H2,(H,28,29)(H2,27,30,32). The molecule has 8 nitrogen and oxygen atoms in total. The Morgan fingerprint density at radius 3 is 2.79 bits per heavy atom. The van der Waals surface area contributed by atoms with Crippen LogP contribution in [0.4, 0.5) is 11.4 Å². The van der Waals surface area contributed by atoms with E-state index in [0.717, 1.165) is 85.5 Å². The summed E-state index contributed by atoms with van der Waals surface area (Å²) in [4.78, 5) is 26.9. The molecule has 0 saturated carbocycles. The maximum atomic E-state index is 13.3. The highest BCUT2D eigenvalue weighted by Gasteiger charge is 2.22. The smallest absolute Gasteiger partial charge is 0.261 e. The van der Waals surface area contributed by atoms with Crippen molar-refractivity contribution in [2.75, 3.05) is 49.6 Å². The average molecular weight is 445 g/mol. The summed E-state index contributed by atoms with van der Waals surface area (Å²) < 4.78 is 5.48. The van der Waals surface area contributed by atoms with Crippen LogP contribution in [0, 0.1) is 0 Å². The summed E-state index contributed by atoms with van der Waals surface area (Å²) in [5.74, 6) is 0.586. The van der Waals surface area contributed by atoms with Gasteiger partial charge in [0, 0.05) is 36.7 Å². The van der Waals surface area contributed by atoms with E-state index in [0.29, 0.717) is 11.4 Å². The molecule has 6 rings (SSSR count). The number of nitrogens with one attached hydrogen (secondary N) is 4. The zero-order valence-corrected chi connectivity index (χ0v) is 18.5. The fourth-order valence-corrected chi connectivity index (χ4v) is 4.93. The van der Waals surface area contributed by atoms with Crippen LogP contribution >= 0.6 is 0 Å². The van der Waals surface area contributed by atoms with Gasteiger partial charge in [0.15, 0.2) is 0 Å². The maximum absolute atomic E-state index is 13.3. The van der Waals surface area contributed by atoms with Gasteiger partial charge in [-0.15, -0.1) is 0 Å². The van der Waals surface area contributed by atoms with E-state index in [2.05, 4.69) is 37.6 Å². The van der Waals surface area contributed by atoms with Crippen molar-refractivity contribution in [3.05, 3.63) is 52.8 Å². The lowest BCUT2D eigenvalue weighted by Crippen LogP contribution is -2.38. The molecule has 2 aromatic carbocycles. The molecule has 0 amide bonds. The third kappa shape index (κ3) is 3.85. The van der Waals surface area contributed by atoms with Gasteiger partial charge in [0.05, 0.1) is 35.5 Å². The molecule has 0 bridgehead atoms. The lowest BCUT2D eigenvalue weighted by atomic mass is 10.0. The number of ether oxygens (including phenoxy) is 1. The molecule has 33 heavy (non-hydrogen) atoms. The Kier molecular flexibility index (Phi) is 5.24. The van der Waals surface area contributed by atoms with E-state index in [4.69, 9.17) is 9.72 Å². The van der Waals surface area contributed by atoms with Crippen molar-refractivity contribution in [2.24, 2.45) is 0 Å². The molecule has 1 atom stereocenters. The fraction of sp³-hybridized carbons (Fsp3) is 0.360. The van der Waals surface area contributed by atoms with Gasteiger partial charge in [-0.1, -0.05) is 18.2 Å². The van der Waals surface area contributed by atoms with Gasteiger partial charge >= 0.3 is 0 Å². The fourth-order valence-electron chi connectivity index (χ4n) is 4.93. The lowest BCUT2D eigenvalue weighted by Gasteiger charge is -2.28. The Hall–Kier alpha value is -3.36. The predicted molar refractivity (Wildman–Crippen MR) is 132 cm³/mol. The van der Waals surface area contributed by atoms with Crippen molar-refractivity contribution in [2.45, 2.75) is 18.9 Å². The molecule has 2 aliphatic rings. The first-order valence-electron chi connectivity index (χ1n) is 11.7. The van der Waals surface area contributed by atoms with Crippen LogP contribution in [0.5, 0.6) is 0 Å². The summed E-state index contributed by atoms with van der Waals surface area (Å²) in [6, 6.07) is 14.4. The quantitative estimate of drug-likeness (QED) is 0.386. The van der Waals surface area contributed by atoms with Gasteiger partial charge < -0.3 is 30.2 Å². The van der Waals surface area contributed by atoms with Crippen molar-refractivity contribution in [3.8, 4) is 11.4 Å². The molecule has 0 aliphatic carbocycles. The highest BCUT2D eigenvalue weighted by Crippen LogP contribution is 2.32. The molecule has 8 heteroatoms. The topological polar surface area (TPSA) is 98.1 Å². The van der Waals surface area contributed by atoms with Crippen LogP contribution in [0.2, 0.25) is 0 Å². The Labute approximate surface area is 191 Å². The molecular formula is C25H28N6O2. The lowest BCUT2D eigenvalue weighted by molar-refractivity contribution is 0.122. The maximum Gasteiger partial charge on any atom is 0.261 e. The van der Waals surface area contributed by atoms with Gasteiger partial charge in [-0.2, -0.15) is 0 Å². The molecule has 0 spiro atoms. The number of anilines is 2. The van der Waals surface area contributed by atoms with E-state index in [1.54, 1.807) is 0 Å². The highest BCUT2D eigenvalue weighted by molar-refractivity contribution is 5.99. The van der Waals surface area contributed by atoms with Crippen LogP contribution in [0.25, 0.3) is 33.3 Å². The Bertz CT molecular complexity index is 1350. The van der Waals surface area contributed by atoms with E-state index in [-0.39, 0.29) is 11.6 Å². The summed E-state index contributed by atoms with van der Waals surface area (Å²) in [6.07, 6.45) is 2.18. The number of para-hydroxylation sites is 1. The van der Waals surface area contributed by atoms with Gasteiger partial charge in [0.2, 0.25) is 0 Å². The summed E-state index contributed by atoms with van der Waals surface area (Å²) in [5, 5.41) is 8.12. The molecule has 2 aromatic heterocycles. The number of nitrogens with zero attached hydrogens (tertiary/aromatic N) is 2. The van der Waals surface area contributed by atoms with Crippen LogP contribution < -0.4 is 21.1 Å². The van der Waals surface area contributed by atoms with Crippen molar-refractivity contribution < 1.29 is 4.74 Å². The second-order valence-corrected chi connectivity index (χ2v) is 8.82. The van der Waals surface area contributed by atoms with E-state index in [1.807, 2.05) is 30.3 Å². The molecule has 4 heterocycles. The zero-order chi connectivity index (χ0) is 22.2. The number of aromatic nitrogens is 3. The number of aromatic amines is 2. The Morgan fingerprint density at radius 2 is 1.94 bits per heavy atom. The first-order valence-corrected chi connectivity index (χ1v) is 11.7. The molecule has 2 aliphatic heterocycles. The minimum Gasteiger partial charge on any atom is -0.380 e. The number of imidazole rings is 1. The zero-order valence-electron chi connectivity index (χ0n) is 18.5. The van der Waals surface area contributed by atoms with Crippen LogP contribution in [0.15, 0.2) is 47.3 Å². The van der Waals surface area contributed by atoms with Crippen LogP contribution in [0.3, 0.4) is 0 Å². The Morgan fingerprint density at radius 1 is 1.06 bits per heavy atom. The molecule has 170 valence electrons. The highest BCUT2D eigenvalue weighted by atomic mass is 16.5. The average Bonchev–Trinajstić information content (AvgIpc) is 3.28. The summed E-state index contributed by atoms with van der Waals surface area (Å²) in [5.41, 5.74) is 4.99. The Balaban J connectivity index is 1.46. The number of hydrogen-bond donors (Lipinski definition) is 4. The number of pyridine rings is 1. The van der Waals surface area contributed by atoms with E-state index >= 15 is 0 Å². The number of benzene rings is 2. The monoisotopic (exact) mass is 444 g/mol. The summed E-state index contributed by atoms with van der Waals surface area (Å²) >= 11 is 0. The number of piperidine rings is 1. The molecular weight excluding hydrogens is 416 g/mol. The molecule has 0 radical (unpaired) electrons. The minimum absolute atomic E-state index is 0.146. The van der Waals surface area contributed by atoms with Crippen LogP contribution in [-0.4, -0.2) is 60.4 Å². The first-order chi connectivity index (χ1) is 16.3. The number of morpholine rings is 1. The number of hydrogen-bond acceptors (Lipinski definition) is 6. The van der Waals surface area contributed by atoms with E-state index in [1.165, 1.54) is 0 Å². The van der Waals surface area contributed by atoms with Crippen molar-refractivity contribution in [1.82, 2.24) is 20.3 Å². The third-order valence-corrected chi connectivity index (χ3v) is 6.65. The third-order valence-electron chi connectivity index (χ3n) is 6.65. The number of rotatable bonds is 4. The molecule has 2 saturated heterocycles. The number of fused-ring (bicyclic) bond motifs is 2. The predicted octanol–water partition coefficient (Wildman–Crippen LogP) is 3.07. The van der Waals surface area contributed by atoms with Gasteiger partial charge in [0.25, 0.3) is 5.56 Å². The minimum atomic E-state index is -0.146. The van der Waals surface area contributed by atoms with Gasteiger partial charge in [-0.3, -0.25) is 4.79 Å². The van der Waals surface area contributed by atoms with Gasteiger partial charge in [-0.25, -0.2) is 4.98 Å². The van der Waals surface area contributed by atoms with Gasteiger partial charge in [-0.05, 0) is 43.7 Å². The second-order valence-electron chi connectivity index (χ2n) is 8.82. The molecule has 1 unspecified atom stereocenters. The van der Waals surface area contributed by atoms with Crippen molar-refractivity contribution >= 4 is 33.3 Å². The van der Waals surface area contributed by atoms with Crippen LogP contribution in [0.1, 0.15) is 12.8 Å². The SMILES string of the molecule is O=c1[nH]c2ccccc2c(NC2CCCNC2)c1-c1nc2ccc(N3CCOCC3)cc2[nH]1. The normalized spacial score (nSPS) is 19.3. The molecule has 2 fully saturated rings. The largest absolute Gasteiger partial charge is 0.380 e.